The molecule has 0 aromatic heterocycles. The molecule has 0 aliphatic heterocycles. The van der Waals surface area contributed by atoms with Crippen molar-refractivity contribution in [3.63, 3.8) is 0 Å². The Balaban J connectivity index is 5.17. The minimum atomic E-state index is -4.96. The van der Waals surface area contributed by atoms with E-state index in [4.69, 9.17) is 37.0 Å². The summed E-state index contributed by atoms with van der Waals surface area (Å²) in [6.45, 7) is 7.09. The summed E-state index contributed by atoms with van der Waals surface area (Å²) in [6.07, 6.45) is 51.2. The van der Waals surface area contributed by atoms with Crippen LogP contribution in [0.25, 0.3) is 0 Å². The molecule has 17 nitrogen and oxygen atoms in total. The van der Waals surface area contributed by atoms with E-state index in [1.165, 1.54) is 128 Å². The molecule has 0 radical (unpaired) electrons. The third-order valence-electron chi connectivity index (χ3n) is 15.4. The fourth-order valence-corrected chi connectivity index (χ4v) is 11.5. The second kappa shape index (κ2) is 62.0. The third kappa shape index (κ3) is 62.4. The number of hydrogen-bond acceptors (Lipinski definition) is 15. The minimum absolute atomic E-state index is 0.101. The van der Waals surface area contributed by atoms with Crippen LogP contribution in [0.3, 0.4) is 0 Å². The van der Waals surface area contributed by atoms with E-state index < -0.39 is 97.5 Å². The zero-order chi connectivity index (χ0) is 64.9. The van der Waals surface area contributed by atoms with Crippen molar-refractivity contribution in [2.24, 2.45) is 5.92 Å². The van der Waals surface area contributed by atoms with Gasteiger partial charge in [0.2, 0.25) is 0 Å². The van der Waals surface area contributed by atoms with Crippen LogP contribution in [-0.2, 0) is 65.4 Å². The van der Waals surface area contributed by atoms with Crippen LogP contribution in [0.1, 0.15) is 330 Å². The molecule has 0 aromatic rings. The topological polar surface area (TPSA) is 237 Å². The van der Waals surface area contributed by atoms with Crippen molar-refractivity contribution in [1.29, 1.82) is 0 Å². The summed E-state index contributed by atoms with van der Waals surface area (Å²) in [5.41, 5.74) is 0. The van der Waals surface area contributed by atoms with Gasteiger partial charge in [-0.1, -0.05) is 277 Å². The average molecular weight is 1290 g/mol. The summed E-state index contributed by atoms with van der Waals surface area (Å²) in [6, 6.07) is 0. The monoisotopic (exact) mass is 1290 g/mol. The summed E-state index contributed by atoms with van der Waals surface area (Å²) in [4.78, 5) is 72.1. The van der Waals surface area contributed by atoms with Crippen molar-refractivity contribution < 1.29 is 80.2 Å². The lowest BCUT2D eigenvalue weighted by molar-refractivity contribution is -0.161. The highest BCUT2D eigenvalue weighted by atomic mass is 31.2. The van der Waals surface area contributed by atoms with Crippen LogP contribution in [0.2, 0.25) is 0 Å². The van der Waals surface area contributed by atoms with Crippen molar-refractivity contribution in [3.8, 4) is 0 Å². The van der Waals surface area contributed by atoms with E-state index in [0.29, 0.717) is 25.7 Å². The Labute approximate surface area is 535 Å². The standard InChI is InChI=1S/C69H130O17P2/c1-6-9-12-15-17-19-20-21-24-28-31-35-38-43-48-53-67(72)80-59-65(86-69(74)55-50-45-40-36-32-29-26-23-22-25-27-30-34-37-42-46-51-62(4)5)61-84-88(77,78)82-57-63(70)56-81-87(75,76)83-60-64(58-79-66(71)52-47-41-14-11-8-3)85-68(73)54-49-44-39-33-18-16-13-10-7-2/h19-21,24,62-65,70H,6-18,22-23,25-61H2,1-5H3,(H,75,76)(H,77,78)/b20-19-,24-21-/t63-,64+,65+/m0/s1. The molecule has 0 heterocycles. The van der Waals surface area contributed by atoms with Gasteiger partial charge in [0.05, 0.1) is 26.4 Å². The quantitative estimate of drug-likeness (QED) is 0.0169. The molecule has 88 heavy (non-hydrogen) atoms. The fourth-order valence-electron chi connectivity index (χ4n) is 9.93. The fraction of sp³-hybridized carbons (Fsp3) is 0.884. The summed E-state index contributed by atoms with van der Waals surface area (Å²) >= 11 is 0. The Kier molecular flexibility index (Phi) is 60.3. The highest BCUT2D eigenvalue weighted by Crippen LogP contribution is 2.45. The van der Waals surface area contributed by atoms with Gasteiger partial charge in [-0.2, -0.15) is 0 Å². The summed E-state index contributed by atoms with van der Waals surface area (Å²) < 4.78 is 67.9. The number of hydrogen-bond donors (Lipinski definition) is 3. The smallest absolute Gasteiger partial charge is 0.462 e. The van der Waals surface area contributed by atoms with Gasteiger partial charge in [-0.3, -0.25) is 37.3 Å². The second-order valence-electron chi connectivity index (χ2n) is 24.7. The number of unbranched alkanes of at least 4 members (excludes halogenated alkanes) is 36. The maximum atomic E-state index is 13.0. The maximum absolute atomic E-state index is 13.0. The van der Waals surface area contributed by atoms with Crippen molar-refractivity contribution in [1.82, 2.24) is 0 Å². The van der Waals surface area contributed by atoms with Crippen molar-refractivity contribution in [3.05, 3.63) is 24.3 Å². The first-order valence-corrected chi connectivity index (χ1v) is 38.4. The molecule has 0 saturated carbocycles. The van der Waals surface area contributed by atoms with Gasteiger partial charge >= 0.3 is 39.5 Å². The number of esters is 4. The highest BCUT2D eigenvalue weighted by molar-refractivity contribution is 7.47. The predicted octanol–water partition coefficient (Wildman–Crippen LogP) is 19.3. The number of aliphatic hydroxyl groups excluding tert-OH is 1. The number of rotatable bonds is 67. The predicted molar refractivity (Wildman–Crippen MR) is 354 cm³/mol. The van der Waals surface area contributed by atoms with Crippen molar-refractivity contribution in [2.75, 3.05) is 39.6 Å². The molecule has 0 fully saturated rings. The lowest BCUT2D eigenvalue weighted by Crippen LogP contribution is -2.30. The number of ether oxygens (including phenoxy) is 4. The van der Waals surface area contributed by atoms with E-state index in [0.717, 1.165) is 121 Å². The first-order chi connectivity index (χ1) is 42.5. The van der Waals surface area contributed by atoms with Crippen LogP contribution in [0.15, 0.2) is 24.3 Å². The van der Waals surface area contributed by atoms with Crippen molar-refractivity contribution >= 4 is 39.5 Å². The third-order valence-corrected chi connectivity index (χ3v) is 17.3. The Morgan fingerprint density at radius 2 is 0.614 bits per heavy atom. The zero-order valence-corrected chi connectivity index (χ0v) is 58.1. The van der Waals surface area contributed by atoms with E-state index in [2.05, 4.69) is 58.9 Å². The van der Waals surface area contributed by atoms with E-state index in [9.17, 15) is 43.2 Å². The van der Waals surface area contributed by atoms with Crippen LogP contribution in [0.5, 0.6) is 0 Å². The van der Waals surface area contributed by atoms with Gasteiger partial charge in [-0.15, -0.1) is 0 Å². The molecule has 518 valence electrons. The van der Waals surface area contributed by atoms with Gasteiger partial charge in [0.25, 0.3) is 0 Å². The van der Waals surface area contributed by atoms with Crippen molar-refractivity contribution in [2.45, 2.75) is 348 Å². The second-order valence-corrected chi connectivity index (χ2v) is 27.6. The maximum Gasteiger partial charge on any atom is 0.472 e. The molecule has 0 aromatic carbocycles. The van der Waals surface area contributed by atoms with Crippen LogP contribution in [0.4, 0.5) is 0 Å². The Hall–Kier alpha value is -2.46. The van der Waals surface area contributed by atoms with E-state index >= 15 is 0 Å². The number of carbonyl (C=O) groups excluding carboxylic acids is 4. The lowest BCUT2D eigenvalue weighted by atomic mass is 10.0. The van der Waals surface area contributed by atoms with E-state index in [-0.39, 0.29) is 25.7 Å². The zero-order valence-electron chi connectivity index (χ0n) is 56.3. The van der Waals surface area contributed by atoms with Gasteiger partial charge in [0.15, 0.2) is 12.2 Å². The molecule has 19 heteroatoms. The lowest BCUT2D eigenvalue weighted by Gasteiger charge is -2.21. The minimum Gasteiger partial charge on any atom is -0.462 e. The normalized spacial score (nSPS) is 14.3. The van der Waals surface area contributed by atoms with Gasteiger partial charge in [-0.25, -0.2) is 9.13 Å². The molecule has 0 saturated heterocycles. The molecule has 0 rings (SSSR count). The summed E-state index contributed by atoms with van der Waals surface area (Å²) in [7, 11) is -9.89. The van der Waals surface area contributed by atoms with Crippen LogP contribution in [-0.4, -0.2) is 96.7 Å². The molecule has 3 N–H and O–H groups in total. The summed E-state index contributed by atoms with van der Waals surface area (Å²) in [5.74, 6) is -1.36. The number of aliphatic hydroxyl groups is 1. The Morgan fingerprint density at radius 1 is 0.352 bits per heavy atom. The first-order valence-electron chi connectivity index (χ1n) is 35.5. The number of carbonyl (C=O) groups is 4. The number of allylic oxidation sites excluding steroid dienone is 4. The van der Waals surface area contributed by atoms with Gasteiger partial charge in [0, 0.05) is 25.7 Å². The molecule has 5 atom stereocenters. The summed E-state index contributed by atoms with van der Waals surface area (Å²) in [5, 5.41) is 10.5. The Bertz CT molecular complexity index is 1800. The first kappa shape index (κ1) is 85.5. The molecule has 0 spiro atoms. The molecule has 0 amide bonds. The molecule has 0 aliphatic carbocycles. The molecular weight excluding hydrogens is 1160 g/mol. The van der Waals surface area contributed by atoms with E-state index in [1.807, 2.05) is 0 Å². The Morgan fingerprint density at radius 3 is 0.932 bits per heavy atom. The van der Waals surface area contributed by atoms with Gasteiger partial charge in [0.1, 0.15) is 19.3 Å². The molecule has 0 bridgehead atoms. The van der Waals surface area contributed by atoms with Crippen LogP contribution < -0.4 is 0 Å². The number of phosphoric acid groups is 2. The van der Waals surface area contributed by atoms with Crippen LogP contribution >= 0.6 is 15.6 Å². The van der Waals surface area contributed by atoms with Gasteiger partial charge in [-0.05, 0) is 57.3 Å². The number of phosphoric ester groups is 2. The SMILES string of the molecule is CCCCCC/C=C\C=C/CCCCCCCC(=O)OC[C@H](COP(=O)(O)OC[C@@H](O)COP(=O)(O)OC[C@@H](COC(=O)CCCCCCC)OC(=O)CCCCCCCCCCC)OC(=O)CCCCCCCCCCCCCCCCCCC(C)C. The average Bonchev–Trinajstić information content (AvgIpc) is 3.70. The largest absolute Gasteiger partial charge is 0.472 e. The highest BCUT2D eigenvalue weighted by Gasteiger charge is 2.30. The molecule has 0 aliphatic rings. The molecular formula is C69H130O17P2. The molecule has 2 unspecified atom stereocenters. The van der Waals surface area contributed by atoms with Gasteiger partial charge < -0.3 is 33.8 Å². The van der Waals surface area contributed by atoms with Crippen LogP contribution in [0, 0.1) is 5.92 Å². The van der Waals surface area contributed by atoms with E-state index in [1.54, 1.807) is 0 Å².